The number of hydrogen-bond donors (Lipinski definition) is 1. The lowest BCUT2D eigenvalue weighted by Gasteiger charge is -2.34. The number of para-hydroxylation sites is 1. The molecule has 0 aliphatic carbocycles. The second-order valence-corrected chi connectivity index (χ2v) is 7.97. The van der Waals surface area contributed by atoms with Gasteiger partial charge < -0.3 is 10.1 Å². The minimum atomic E-state index is -0.161. The summed E-state index contributed by atoms with van der Waals surface area (Å²) in [6.45, 7) is 10.6. The van der Waals surface area contributed by atoms with E-state index in [4.69, 9.17) is 4.74 Å². The molecule has 3 heteroatoms. The van der Waals surface area contributed by atoms with Gasteiger partial charge in [0.1, 0.15) is 5.72 Å². The monoisotopic (exact) mass is 351 g/mol. The number of ether oxygens (including phenoxy) is 1. The molecule has 1 saturated heterocycles. The maximum atomic E-state index is 6.04. The Bertz CT molecular complexity index is 679. The molecule has 2 aromatic rings. The van der Waals surface area contributed by atoms with Crippen LogP contribution in [0, 0.1) is 5.92 Å². The number of benzene rings is 2. The van der Waals surface area contributed by atoms with Gasteiger partial charge in [-0.3, -0.25) is 4.90 Å². The zero-order valence-electron chi connectivity index (χ0n) is 16.5. The van der Waals surface area contributed by atoms with E-state index in [-0.39, 0.29) is 5.72 Å². The van der Waals surface area contributed by atoms with Crippen LogP contribution in [-0.2, 0) is 11.2 Å². The third kappa shape index (κ3) is 4.87. The molecule has 1 radical (unpaired) electrons. The second kappa shape index (κ2) is 8.24. The first-order chi connectivity index (χ1) is 12.4. The van der Waals surface area contributed by atoms with Gasteiger partial charge in [-0.15, -0.1) is 0 Å². The third-order valence-electron chi connectivity index (χ3n) is 5.03. The molecule has 0 spiro atoms. The molecule has 3 nitrogen and oxygen atoms in total. The Balaban J connectivity index is 1.56. The van der Waals surface area contributed by atoms with Crippen molar-refractivity contribution >= 4 is 11.4 Å². The van der Waals surface area contributed by atoms with E-state index in [1.807, 2.05) is 18.2 Å². The molecule has 1 aliphatic rings. The molecule has 0 aromatic heterocycles. The van der Waals surface area contributed by atoms with E-state index < -0.39 is 0 Å². The van der Waals surface area contributed by atoms with Gasteiger partial charge in [0, 0.05) is 24.0 Å². The Kier molecular flexibility index (Phi) is 6.00. The van der Waals surface area contributed by atoms with Crippen LogP contribution >= 0.6 is 0 Å². The molecule has 3 rings (SSSR count). The van der Waals surface area contributed by atoms with Crippen molar-refractivity contribution in [2.75, 3.05) is 18.5 Å². The van der Waals surface area contributed by atoms with Gasteiger partial charge in [0.05, 0.1) is 6.61 Å². The van der Waals surface area contributed by atoms with Crippen molar-refractivity contribution in [3.63, 3.8) is 0 Å². The molecule has 0 saturated carbocycles. The fraction of sp³-hybridized carbons (Fsp3) is 0.435. The van der Waals surface area contributed by atoms with Crippen molar-refractivity contribution in [1.82, 2.24) is 4.90 Å². The average Bonchev–Trinajstić information content (AvgIpc) is 2.89. The van der Waals surface area contributed by atoms with Gasteiger partial charge in [0.25, 0.3) is 0 Å². The van der Waals surface area contributed by atoms with Gasteiger partial charge >= 0.3 is 0 Å². The highest BCUT2D eigenvalue weighted by Crippen LogP contribution is 2.30. The van der Waals surface area contributed by atoms with Crippen molar-refractivity contribution in [2.24, 2.45) is 0 Å². The molecule has 1 N–H and O–H groups in total. The number of nitrogens with one attached hydrogen (secondary N) is 1. The maximum Gasteiger partial charge on any atom is 0.116 e. The zero-order valence-corrected chi connectivity index (χ0v) is 16.5. The molecule has 1 atom stereocenters. The Labute approximate surface area is 158 Å². The Morgan fingerprint density at radius 1 is 1.04 bits per heavy atom. The Morgan fingerprint density at radius 3 is 2.35 bits per heavy atom. The predicted molar refractivity (Wildman–Crippen MR) is 110 cm³/mol. The molecule has 2 aromatic carbocycles. The van der Waals surface area contributed by atoms with Crippen LogP contribution < -0.4 is 5.32 Å². The van der Waals surface area contributed by atoms with Gasteiger partial charge in [-0.2, -0.15) is 0 Å². The van der Waals surface area contributed by atoms with Crippen molar-refractivity contribution in [2.45, 2.75) is 52.3 Å². The number of anilines is 2. The lowest BCUT2D eigenvalue weighted by Crippen LogP contribution is -2.45. The van der Waals surface area contributed by atoms with E-state index in [2.05, 4.69) is 74.3 Å². The summed E-state index contributed by atoms with van der Waals surface area (Å²) < 4.78 is 6.04. The van der Waals surface area contributed by atoms with Crippen molar-refractivity contribution in [1.29, 1.82) is 0 Å². The molecular weight excluding hydrogens is 320 g/mol. The van der Waals surface area contributed by atoms with Crippen LogP contribution in [0.3, 0.4) is 0 Å². The predicted octanol–water partition coefficient (Wildman–Crippen LogP) is 5.41. The minimum Gasteiger partial charge on any atom is -0.359 e. The van der Waals surface area contributed by atoms with E-state index in [1.165, 1.54) is 11.5 Å². The fourth-order valence-corrected chi connectivity index (χ4v) is 3.59. The van der Waals surface area contributed by atoms with Crippen molar-refractivity contribution in [3.05, 3.63) is 66.1 Å². The molecule has 0 unspecified atom stereocenters. The number of nitrogens with zero attached hydrogens (tertiary/aromatic N) is 1. The molecule has 1 fully saturated rings. The number of hydrogen-bond acceptors (Lipinski definition) is 3. The first-order valence-corrected chi connectivity index (χ1v) is 9.55. The maximum absolute atomic E-state index is 6.04. The molecule has 1 aliphatic heterocycles. The summed E-state index contributed by atoms with van der Waals surface area (Å²) in [6, 6.07) is 19.6. The first-order valence-electron chi connectivity index (χ1n) is 9.55. The normalized spacial score (nSPS) is 19.8. The summed E-state index contributed by atoms with van der Waals surface area (Å²) in [5.74, 6) is 1.44. The highest BCUT2D eigenvalue weighted by atomic mass is 16.5. The Morgan fingerprint density at radius 2 is 1.69 bits per heavy atom. The highest BCUT2D eigenvalue weighted by molar-refractivity contribution is 5.59. The first kappa shape index (κ1) is 18.9. The van der Waals surface area contributed by atoms with E-state index in [9.17, 15) is 0 Å². The van der Waals surface area contributed by atoms with Crippen LogP contribution in [0.15, 0.2) is 54.6 Å². The van der Waals surface area contributed by atoms with E-state index >= 15 is 0 Å². The molecular formula is C23H31N2O. The van der Waals surface area contributed by atoms with Crippen LogP contribution in [0.2, 0.25) is 0 Å². The highest BCUT2D eigenvalue weighted by Gasteiger charge is 2.40. The summed E-state index contributed by atoms with van der Waals surface area (Å²) in [4.78, 5) is 2.51. The van der Waals surface area contributed by atoms with E-state index in [0.29, 0.717) is 6.04 Å². The molecule has 26 heavy (non-hydrogen) atoms. The zero-order chi connectivity index (χ0) is 18.6. The fourth-order valence-electron chi connectivity index (χ4n) is 3.59. The molecule has 0 amide bonds. The minimum absolute atomic E-state index is 0.161. The van der Waals surface area contributed by atoms with E-state index in [0.717, 1.165) is 37.4 Å². The van der Waals surface area contributed by atoms with Crippen LogP contribution in [-0.4, -0.2) is 29.8 Å². The van der Waals surface area contributed by atoms with Gasteiger partial charge in [-0.1, -0.05) is 44.2 Å². The van der Waals surface area contributed by atoms with Crippen LogP contribution in [0.25, 0.3) is 0 Å². The van der Waals surface area contributed by atoms with Gasteiger partial charge in [0.2, 0.25) is 0 Å². The SMILES string of the molecule is C[C](C)CN1[C@@H](CCc2ccc(Nc3ccccc3)cc2)COC1(C)C. The summed E-state index contributed by atoms with van der Waals surface area (Å²) in [7, 11) is 0. The quantitative estimate of drug-likeness (QED) is 0.721. The van der Waals surface area contributed by atoms with Crippen LogP contribution in [0.1, 0.15) is 39.7 Å². The molecule has 0 bridgehead atoms. The van der Waals surface area contributed by atoms with Gasteiger partial charge in [-0.25, -0.2) is 0 Å². The Hall–Kier alpha value is -1.84. The second-order valence-electron chi connectivity index (χ2n) is 7.97. The van der Waals surface area contributed by atoms with Gasteiger partial charge in [-0.05, 0) is 62.4 Å². The molecule has 139 valence electrons. The number of rotatable bonds is 7. The smallest absolute Gasteiger partial charge is 0.116 e. The van der Waals surface area contributed by atoms with Crippen LogP contribution in [0.4, 0.5) is 11.4 Å². The largest absolute Gasteiger partial charge is 0.359 e. The topological polar surface area (TPSA) is 24.5 Å². The number of aryl methyl sites for hydroxylation is 1. The van der Waals surface area contributed by atoms with Crippen molar-refractivity contribution < 1.29 is 4.74 Å². The summed E-state index contributed by atoms with van der Waals surface area (Å²) in [6.07, 6.45) is 2.21. The van der Waals surface area contributed by atoms with Crippen LogP contribution in [0.5, 0.6) is 0 Å². The summed E-state index contributed by atoms with van der Waals surface area (Å²) >= 11 is 0. The third-order valence-corrected chi connectivity index (χ3v) is 5.03. The summed E-state index contributed by atoms with van der Waals surface area (Å²) in [5, 5.41) is 3.44. The molecule has 1 heterocycles. The summed E-state index contributed by atoms with van der Waals surface area (Å²) in [5.41, 5.74) is 3.46. The van der Waals surface area contributed by atoms with Gasteiger partial charge in [0.15, 0.2) is 0 Å². The average molecular weight is 352 g/mol. The lowest BCUT2D eigenvalue weighted by molar-refractivity contribution is -0.0515. The standard InChI is InChI=1S/C23H31N2O/c1-18(2)16-25-22(17-26-23(25,3)4)15-12-19-10-13-21(14-11-19)24-20-8-6-5-7-9-20/h5-11,13-14,22,24H,12,15-17H2,1-4H3/t22-/m0/s1. The van der Waals surface area contributed by atoms with Crippen molar-refractivity contribution in [3.8, 4) is 0 Å². The lowest BCUT2D eigenvalue weighted by atomic mass is 10.0. The van der Waals surface area contributed by atoms with E-state index in [1.54, 1.807) is 0 Å².